The Morgan fingerprint density at radius 2 is 1.93 bits per heavy atom. The Labute approximate surface area is 173 Å². The SMILES string of the molecule is CC1CCC2(CC1)NC(=O)N(NC(=O)COC(=O)[C@H](C)Sc1ccccc1)C2=O. The molecular weight excluding hydrogens is 394 g/mol. The van der Waals surface area contributed by atoms with E-state index in [0.29, 0.717) is 23.8 Å². The number of benzene rings is 1. The number of hydrazine groups is 1. The molecule has 2 N–H and O–H groups in total. The lowest BCUT2D eigenvalue weighted by molar-refractivity contribution is -0.150. The number of hydrogen-bond acceptors (Lipinski definition) is 6. The molecule has 1 aromatic rings. The van der Waals surface area contributed by atoms with Gasteiger partial charge in [0.2, 0.25) is 0 Å². The van der Waals surface area contributed by atoms with E-state index >= 15 is 0 Å². The van der Waals surface area contributed by atoms with E-state index in [1.807, 2.05) is 30.3 Å². The topological polar surface area (TPSA) is 105 Å². The molecule has 2 aliphatic rings. The molecule has 8 nitrogen and oxygen atoms in total. The molecule has 1 spiro atoms. The molecule has 1 atom stereocenters. The van der Waals surface area contributed by atoms with E-state index in [1.165, 1.54) is 11.8 Å². The average molecular weight is 420 g/mol. The number of esters is 1. The smallest absolute Gasteiger partial charge is 0.344 e. The summed E-state index contributed by atoms with van der Waals surface area (Å²) < 4.78 is 5.03. The van der Waals surface area contributed by atoms with E-state index < -0.39 is 41.2 Å². The summed E-state index contributed by atoms with van der Waals surface area (Å²) in [6, 6.07) is 8.71. The maximum absolute atomic E-state index is 12.7. The van der Waals surface area contributed by atoms with Crippen molar-refractivity contribution in [3.63, 3.8) is 0 Å². The van der Waals surface area contributed by atoms with Gasteiger partial charge >= 0.3 is 12.0 Å². The van der Waals surface area contributed by atoms with Gasteiger partial charge in [0.25, 0.3) is 11.8 Å². The van der Waals surface area contributed by atoms with Gasteiger partial charge in [0.05, 0.1) is 0 Å². The maximum Gasteiger partial charge on any atom is 0.344 e. The summed E-state index contributed by atoms with van der Waals surface area (Å²) in [7, 11) is 0. The van der Waals surface area contributed by atoms with Crippen LogP contribution in [0.25, 0.3) is 0 Å². The van der Waals surface area contributed by atoms with E-state index in [4.69, 9.17) is 4.74 Å². The monoisotopic (exact) mass is 419 g/mol. The van der Waals surface area contributed by atoms with Gasteiger partial charge in [-0.3, -0.25) is 19.8 Å². The number of rotatable bonds is 6. The van der Waals surface area contributed by atoms with Crippen LogP contribution in [-0.4, -0.2) is 46.2 Å². The highest BCUT2D eigenvalue weighted by Gasteiger charge is 2.52. The van der Waals surface area contributed by atoms with Crippen LogP contribution in [0.2, 0.25) is 0 Å². The first-order chi connectivity index (χ1) is 13.8. The van der Waals surface area contributed by atoms with Crippen LogP contribution in [0.5, 0.6) is 0 Å². The second-order valence-electron chi connectivity index (χ2n) is 7.55. The molecule has 1 aliphatic carbocycles. The summed E-state index contributed by atoms with van der Waals surface area (Å²) in [5, 5.41) is 2.91. The quantitative estimate of drug-likeness (QED) is 0.416. The predicted molar refractivity (Wildman–Crippen MR) is 107 cm³/mol. The van der Waals surface area contributed by atoms with Crippen molar-refractivity contribution in [2.75, 3.05) is 6.61 Å². The van der Waals surface area contributed by atoms with Crippen LogP contribution in [0.3, 0.4) is 0 Å². The summed E-state index contributed by atoms with van der Waals surface area (Å²) in [6.07, 6.45) is 2.77. The number of thioether (sulfide) groups is 1. The lowest BCUT2D eigenvalue weighted by Crippen LogP contribution is -2.52. The van der Waals surface area contributed by atoms with Crippen molar-refractivity contribution < 1.29 is 23.9 Å². The minimum absolute atomic E-state index is 0.456. The van der Waals surface area contributed by atoms with Crippen molar-refractivity contribution in [3.8, 4) is 0 Å². The number of imide groups is 1. The average Bonchev–Trinajstić information content (AvgIpc) is 2.93. The van der Waals surface area contributed by atoms with Crippen molar-refractivity contribution >= 4 is 35.6 Å². The van der Waals surface area contributed by atoms with Crippen LogP contribution < -0.4 is 10.7 Å². The van der Waals surface area contributed by atoms with Crippen LogP contribution >= 0.6 is 11.8 Å². The molecule has 4 amide bonds. The zero-order chi connectivity index (χ0) is 21.0. The molecule has 3 rings (SSSR count). The second-order valence-corrected chi connectivity index (χ2v) is 8.97. The van der Waals surface area contributed by atoms with E-state index in [-0.39, 0.29) is 0 Å². The van der Waals surface area contributed by atoms with Crippen molar-refractivity contribution in [2.45, 2.75) is 55.2 Å². The number of urea groups is 1. The fourth-order valence-electron chi connectivity index (χ4n) is 3.48. The fraction of sp³-hybridized carbons (Fsp3) is 0.500. The third-order valence-electron chi connectivity index (χ3n) is 5.26. The van der Waals surface area contributed by atoms with Crippen molar-refractivity contribution in [1.29, 1.82) is 0 Å². The molecule has 29 heavy (non-hydrogen) atoms. The molecule has 0 radical (unpaired) electrons. The summed E-state index contributed by atoms with van der Waals surface area (Å²) in [6.45, 7) is 3.22. The first-order valence-electron chi connectivity index (χ1n) is 9.65. The number of ether oxygens (including phenoxy) is 1. The Hall–Kier alpha value is -2.55. The molecule has 1 heterocycles. The minimum Gasteiger partial charge on any atom is -0.455 e. The molecule has 1 aliphatic heterocycles. The Morgan fingerprint density at radius 1 is 1.28 bits per heavy atom. The van der Waals surface area contributed by atoms with E-state index in [0.717, 1.165) is 17.7 Å². The van der Waals surface area contributed by atoms with E-state index in [9.17, 15) is 19.2 Å². The molecule has 1 saturated carbocycles. The highest BCUT2D eigenvalue weighted by Crippen LogP contribution is 2.35. The lowest BCUT2D eigenvalue weighted by Gasteiger charge is -2.33. The van der Waals surface area contributed by atoms with Crippen LogP contribution in [0, 0.1) is 5.92 Å². The molecule has 1 aromatic carbocycles. The molecule has 156 valence electrons. The van der Waals surface area contributed by atoms with Gasteiger partial charge in [-0.2, -0.15) is 5.01 Å². The first kappa shape index (κ1) is 21.2. The number of carbonyl (C=O) groups is 4. The van der Waals surface area contributed by atoms with Crippen molar-refractivity contribution in [3.05, 3.63) is 30.3 Å². The van der Waals surface area contributed by atoms with Crippen molar-refractivity contribution in [1.82, 2.24) is 15.8 Å². The van der Waals surface area contributed by atoms with Crippen LogP contribution in [0.15, 0.2) is 35.2 Å². The Morgan fingerprint density at radius 3 is 2.59 bits per heavy atom. The van der Waals surface area contributed by atoms with Crippen LogP contribution in [0.4, 0.5) is 4.79 Å². The Bertz CT molecular complexity index is 793. The van der Waals surface area contributed by atoms with E-state index in [1.54, 1.807) is 6.92 Å². The molecule has 9 heteroatoms. The molecule has 0 aromatic heterocycles. The fourth-order valence-corrected chi connectivity index (χ4v) is 4.36. The Balaban J connectivity index is 1.48. The van der Waals surface area contributed by atoms with E-state index in [2.05, 4.69) is 17.7 Å². The first-order valence-corrected chi connectivity index (χ1v) is 10.5. The van der Waals surface area contributed by atoms with Gasteiger partial charge in [0, 0.05) is 4.90 Å². The lowest BCUT2D eigenvalue weighted by atomic mass is 9.77. The zero-order valence-corrected chi connectivity index (χ0v) is 17.3. The van der Waals surface area contributed by atoms with Gasteiger partial charge in [0.15, 0.2) is 6.61 Å². The van der Waals surface area contributed by atoms with Gasteiger partial charge in [-0.15, -0.1) is 11.8 Å². The number of nitrogens with one attached hydrogen (secondary N) is 2. The normalized spacial score (nSPS) is 24.9. The van der Waals surface area contributed by atoms with Gasteiger partial charge in [-0.25, -0.2) is 4.79 Å². The maximum atomic E-state index is 12.7. The van der Waals surface area contributed by atoms with Gasteiger partial charge in [-0.1, -0.05) is 25.1 Å². The molecule has 0 unspecified atom stereocenters. The number of nitrogens with zero attached hydrogens (tertiary/aromatic N) is 1. The van der Waals surface area contributed by atoms with Gasteiger partial charge in [-0.05, 0) is 50.7 Å². The summed E-state index contributed by atoms with van der Waals surface area (Å²) in [4.78, 5) is 50.0. The number of carbonyl (C=O) groups excluding carboxylic acids is 4. The minimum atomic E-state index is -0.936. The highest BCUT2D eigenvalue weighted by molar-refractivity contribution is 8.00. The standard InChI is InChI=1S/C20H25N3O5S/c1-13-8-10-20(11-9-13)18(26)23(19(27)21-20)22-16(24)12-28-17(25)14(2)29-15-6-4-3-5-7-15/h3-7,13-14H,8-12H2,1-2H3,(H,21,27)(H,22,24)/t13?,14-,20?/m0/s1. The molecule has 2 fully saturated rings. The van der Waals surface area contributed by atoms with Crippen LogP contribution in [0.1, 0.15) is 39.5 Å². The molecule has 1 saturated heterocycles. The van der Waals surface area contributed by atoms with Gasteiger partial charge in [0.1, 0.15) is 10.8 Å². The number of hydrogen-bond donors (Lipinski definition) is 2. The second kappa shape index (κ2) is 8.86. The largest absolute Gasteiger partial charge is 0.455 e. The van der Waals surface area contributed by atoms with Gasteiger partial charge < -0.3 is 10.1 Å². The zero-order valence-electron chi connectivity index (χ0n) is 16.5. The predicted octanol–water partition coefficient (Wildman–Crippen LogP) is 2.24. The molecular formula is C20H25N3O5S. The van der Waals surface area contributed by atoms with Crippen LogP contribution in [-0.2, 0) is 19.1 Å². The molecule has 0 bridgehead atoms. The Kier molecular flexibility index (Phi) is 6.46. The third-order valence-corrected chi connectivity index (χ3v) is 6.35. The summed E-state index contributed by atoms with van der Waals surface area (Å²) in [5.74, 6) is -1.24. The summed E-state index contributed by atoms with van der Waals surface area (Å²) >= 11 is 1.32. The number of amides is 4. The van der Waals surface area contributed by atoms with Crippen molar-refractivity contribution in [2.24, 2.45) is 5.92 Å². The third kappa shape index (κ3) is 4.90. The summed E-state index contributed by atoms with van der Waals surface area (Å²) in [5.41, 5.74) is 1.32. The highest BCUT2D eigenvalue weighted by atomic mass is 32.2.